The summed E-state index contributed by atoms with van der Waals surface area (Å²) in [5, 5.41) is 14.4. The molecule has 3 fully saturated rings. The van der Waals surface area contributed by atoms with Gasteiger partial charge in [-0.3, -0.25) is 19.2 Å². The molecule has 1 spiro atoms. The zero-order valence-corrected chi connectivity index (χ0v) is 30.1. The molecule has 0 saturated carbocycles. The largest absolute Gasteiger partial charge is 0.455 e. The summed E-state index contributed by atoms with van der Waals surface area (Å²) in [6.45, 7) is 7.96. The van der Waals surface area contributed by atoms with Crippen molar-refractivity contribution in [1.82, 2.24) is 10.2 Å². The van der Waals surface area contributed by atoms with Crippen molar-refractivity contribution >= 4 is 56.1 Å². The molecule has 2 bridgehead atoms. The maximum atomic E-state index is 14.9. The highest BCUT2D eigenvalue weighted by Gasteiger charge is 2.77. The summed E-state index contributed by atoms with van der Waals surface area (Å²) in [5.41, 5.74) is 0.0460. The molecule has 3 aliphatic heterocycles. The van der Waals surface area contributed by atoms with Crippen LogP contribution in [0, 0.1) is 11.8 Å². The molecular formula is C40H44BrN3O7. The number of ether oxygens (including phenoxy) is 2. The Morgan fingerprint density at radius 1 is 1.06 bits per heavy atom. The van der Waals surface area contributed by atoms with E-state index in [1.54, 1.807) is 22.0 Å². The highest BCUT2D eigenvalue weighted by Crippen LogP contribution is 2.60. The fourth-order valence-corrected chi connectivity index (χ4v) is 8.84. The molecule has 6 rings (SSSR count). The van der Waals surface area contributed by atoms with Crippen LogP contribution in [-0.2, 0) is 28.7 Å². The first-order valence-electron chi connectivity index (χ1n) is 17.5. The smallest absolute Gasteiger partial charge is 0.313 e. The molecule has 3 aromatic carbocycles. The molecule has 1 unspecified atom stereocenters. The molecule has 51 heavy (non-hydrogen) atoms. The van der Waals surface area contributed by atoms with Gasteiger partial charge in [0.25, 0.3) is 5.91 Å². The van der Waals surface area contributed by atoms with Gasteiger partial charge < -0.3 is 29.7 Å². The van der Waals surface area contributed by atoms with Crippen molar-refractivity contribution in [3.63, 3.8) is 0 Å². The maximum Gasteiger partial charge on any atom is 0.313 e. The molecule has 0 aliphatic carbocycles. The van der Waals surface area contributed by atoms with Gasteiger partial charge in [-0.2, -0.15) is 0 Å². The van der Waals surface area contributed by atoms with Gasteiger partial charge in [0.15, 0.2) is 0 Å². The summed E-state index contributed by atoms with van der Waals surface area (Å²) in [7, 11) is 0. The summed E-state index contributed by atoms with van der Waals surface area (Å²) in [6, 6.07) is 21.8. The van der Waals surface area contributed by atoms with Crippen LogP contribution in [0.3, 0.4) is 0 Å². The summed E-state index contributed by atoms with van der Waals surface area (Å²) in [6.07, 6.45) is 3.79. The summed E-state index contributed by atoms with van der Waals surface area (Å²) < 4.78 is 12.9. The van der Waals surface area contributed by atoms with Crippen LogP contribution in [0.25, 0.3) is 10.8 Å². The highest BCUT2D eigenvalue weighted by molar-refractivity contribution is 9.09. The van der Waals surface area contributed by atoms with Crippen molar-refractivity contribution in [1.29, 1.82) is 0 Å². The van der Waals surface area contributed by atoms with E-state index in [1.165, 1.54) is 0 Å². The second-order valence-electron chi connectivity index (χ2n) is 13.4. The van der Waals surface area contributed by atoms with Crippen LogP contribution in [0.4, 0.5) is 5.69 Å². The Hall–Kier alpha value is -4.32. The minimum absolute atomic E-state index is 0.0438. The van der Waals surface area contributed by atoms with Crippen LogP contribution in [0.1, 0.15) is 43.8 Å². The number of benzene rings is 3. The van der Waals surface area contributed by atoms with Crippen molar-refractivity contribution in [3.8, 4) is 0 Å². The number of amides is 3. The van der Waals surface area contributed by atoms with E-state index in [1.807, 2.05) is 72.8 Å². The first-order valence-corrected chi connectivity index (χ1v) is 18.4. The zero-order chi connectivity index (χ0) is 36.1. The number of unbranched alkanes of at least 4 members (excludes halogenated alkanes) is 1. The van der Waals surface area contributed by atoms with E-state index in [-0.39, 0.29) is 55.2 Å². The summed E-state index contributed by atoms with van der Waals surface area (Å²) in [4.78, 5) is 59.2. The van der Waals surface area contributed by atoms with Crippen LogP contribution in [-0.4, -0.2) is 82.5 Å². The molecule has 3 saturated heterocycles. The Morgan fingerprint density at radius 3 is 2.53 bits per heavy atom. The number of fused-ring (bicyclic) bond motifs is 2. The van der Waals surface area contributed by atoms with Gasteiger partial charge in [0, 0.05) is 36.6 Å². The van der Waals surface area contributed by atoms with Crippen molar-refractivity contribution < 1.29 is 33.8 Å². The third-order valence-corrected chi connectivity index (χ3v) is 11.1. The average molecular weight is 759 g/mol. The van der Waals surface area contributed by atoms with Gasteiger partial charge >= 0.3 is 5.97 Å². The predicted molar refractivity (Wildman–Crippen MR) is 198 cm³/mol. The van der Waals surface area contributed by atoms with E-state index in [0.717, 1.165) is 10.8 Å². The van der Waals surface area contributed by atoms with Gasteiger partial charge in [-0.05, 0) is 54.2 Å². The van der Waals surface area contributed by atoms with Gasteiger partial charge in [0.05, 0.1) is 24.5 Å². The fraction of sp³-hybridized carbons (Fsp3) is 0.400. The topological polar surface area (TPSA) is 125 Å². The molecular weight excluding hydrogens is 714 g/mol. The number of rotatable bonds is 16. The van der Waals surface area contributed by atoms with Crippen LogP contribution in [0.5, 0.6) is 0 Å². The molecule has 268 valence electrons. The Bertz CT molecular complexity index is 1790. The number of likely N-dealkylation sites (tertiary alicyclic amines) is 1. The second-order valence-corrected chi connectivity index (χ2v) is 14.5. The number of halogens is 1. The van der Waals surface area contributed by atoms with Crippen molar-refractivity contribution in [3.05, 3.63) is 104 Å². The van der Waals surface area contributed by atoms with Crippen molar-refractivity contribution in [2.75, 3.05) is 31.1 Å². The lowest BCUT2D eigenvalue weighted by molar-refractivity contribution is -0.160. The monoisotopic (exact) mass is 757 g/mol. The Labute approximate surface area is 306 Å². The predicted octanol–water partition coefficient (Wildman–Crippen LogP) is 5.25. The number of carbonyl (C=O) groups excluding carboxylic acids is 4. The number of nitrogens with zero attached hydrogens (tertiary/aromatic N) is 2. The van der Waals surface area contributed by atoms with Crippen molar-refractivity contribution in [2.24, 2.45) is 11.8 Å². The SMILES string of the molecule is C=CCCC(=O)NC[C@@H](OC(=O)[C@H]1[C@@H]2O[C@@]3(CC2Br)[C@@H]1C(=O)N(CCCCO)[C@@H]3C(=O)N(CC=C)c1ccc2ccccc2c1)c1ccccc1. The molecule has 7 atom stereocenters. The number of alkyl halides is 1. The molecule has 2 N–H and O–H groups in total. The summed E-state index contributed by atoms with van der Waals surface area (Å²) in [5.74, 6) is -3.46. The third-order valence-electron chi connectivity index (χ3n) is 10.2. The maximum absolute atomic E-state index is 14.9. The fourth-order valence-electron chi connectivity index (χ4n) is 7.90. The van der Waals surface area contributed by atoms with E-state index >= 15 is 0 Å². The minimum atomic E-state index is -1.30. The second kappa shape index (κ2) is 15.9. The number of hydrogen-bond acceptors (Lipinski definition) is 7. The Morgan fingerprint density at radius 2 is 1.80 bits per heavy atom. The van der Waals surface area contributed by atoms with Crippen LogP contribution >= 0.6 is 15.9 Å². The number of aliphatic hydroxyl groups excluding tert-OH is 1. The number of anilines is 1. The van der Waals surface area contributed by atoms with E-state index in [9.17, 15) is 24.3 Å². The van der Waals surface area contributed by atoms with Gasteiger partial charge in [0.2, 0.25) is 11.8 Å². The lowest BCUT2D eigenvalue weighted by Crippen LogP contribution is -2.57. The first kappa shape index (κ1) is 36.5. The number of allylic oxidation sites excluding steroid dienone is 1. The van der Waals surface area contributed by atoms with Crippen LogP contribution < -0.4 is 10.2 Å². The van der Waals surface area contributed by atoms with Gasteiger partial charge in [0.1, 0.15) is 17.7 Å². The lowest BCUT2D eigenvalue weighted by Gasteiger charge is -2.37. The minimum Gasteiger partial charge on any atom is -0.455 e. The van der Waals surface area contributed by atoms with Crippen LogP contribution in [0.15, 0.2) is 98.1 Å². The normalized spacial score (nSPS) is 25.3. The van der Waals surface area contributed by atoms with Crippen molar-refractivity contribution in [2.45, 2.75) is 60.8 Å². The number of esters is 1. The molecule has 3 amide bonds. The molecule has 11 heteroatoms. The Balaban J connectivity index is 1.33. The van der Waals surface area contributed by atoms with E-state index < -0.39 is 41.7 Å². The van der Waals surface area contributed by atoms with Crippen LogP contribution in [0.2, 0.25) is 0 Å². The average Bonchev–Trinajstić information content (AvgIpc) is 3.74. The standard InChI is InChI=1S/C40H44BrN3O7/c1-3-5-17-32(46)42-25-31(27-14-7-6-8-15-27)50-39(49)33-34-37(47)44(21-11-12-22-45)36(40(34)24-30(41)35(33)51-40)38(48)43(20-4-2)29-19-18-26-13-9-10-16-28(26)23-29/h3-4,6-10,13-16,18-19,23,30-31,33-36,45H,1-2,5,11-12,17,20-22,24-25H2,(H,42,46)/t30?,31-,33-,34+,35-,36-,40+/m1/s1. The van der Waals surface area contributed by atoms with E-state index in [0.29, 0.717) is 36.9 Å². The number of carbonyl (C=O) groups is 4. The summed E-state index contributed by atoms with van der Waals surface area (Å²) >= 11 is 3.74. The lowest BCUT2D eigenvalue weighted by atomic mass is 9.70. The van der Waals surface area contributed by atoms with E-state index in [4.69, 9.17) is 9.47 Å². The van der Waals surface area contributed by atoms with E-state index in [2.05, 4.69) is 34.4 Å². The first-order chi connectivity index (χ1) is 24.7. The van der Waals surface area contributed by atoms with Gasteiger partial charge in [-0.15, -0.1) is 13.2 Å². The number of hydrogen-bond donors (Lipinski definition) is 2. The highest BCUT2D eigenvalue weighted by atomic mass is 79.9. The number of nitrogens with one attached hydrogen (secondary N) is 1. The number of aliphatic hydroxyl groups is 1. The molecule has 3 heterocycles. The molecule has 3 aliphatic rings. The zero-order valence-electron chi connectivity index (χ0n) is 28.5. The third kappa shape index (κ3) is 7.11. The molecule has 10 nitrogen and oxygen atoms in total. The molecule has 3 aromatic rings. The molecule has 0 aromatic heterocycles. The molecule has 0 radical (unpaired) electrons. The van der Waals surface area contributed by atoms with Gasteiger partial charge in [-0.1, -0.05) is 88.7 Å². The van der Waals surface area contributed by atoms with Gasteiger partial charge in [-0.25, -0.2) is 0 Å². The quantitative estimate of drug-likeness (QED) is 0.0886. The Kier molecular flexibility index (Phi) is 11.4.